The van der Waals surface area contributed by atoms with E-state index in [1.165, 1.54) is 0 Å². The van der Waals surface area contributed by atoms with Crippen LogP contribution >= 0.6 is 0 Å². The van der Waals surface area contributed by atoms with Gasteiger partial charge in [-0.3, -0.25) is 9.59 Å². The van der Waals surface area contributed by atoms with Crippen LogP contribution in [0.2, 0.25) is 0 Å². The number of hydrogen-bond donors (Lipinski definition) is 3. The van der Waals surface area contributed by atoms with Gasteiger partial charge in [-0.2, -0.15) is 0 Å². The predicted molar refractivity (Wildman–Crippen MR) is 99.8 cm³/mol. The van der Waals surface area contributed by atoms with Crippen molar-refractivity contribution in [2.75, 3.05) is 5.32 Å². The minimum absolute atomic E-state index is 0.000194. The van der Waals surface area contributed by atoms with Crippen molar-refractivity contribution < 1.29 is 14.0 Å². The second-order valence-electron chi connectivity index (χ2n) is 7.97. The molecule has 2 bridgehead atoms. The third kappa shape index (κ3) is 2.71. The zero-order valence-electron chi connectivity index (χ0n) is 15.0. The van der Waals surface area contributed by atoms with Gasteiger partial charge in [-0.15, -0.1) is 0 Å². The third-order valence-corrected chi connectivity index (χ3v) is 6.49. The quantitative estimate of drug-likeness (QED) is 0.781. The van der Waals surface area contributed by atoms with E-state index in [-0.39, 0.29) is 29.6 Å². The van der Waals surface area contributed by atoms with E-state index < -0.39 is 5.66 Å². The Labute approximate surface area is 157 Å². The van der Waals surface area contributed by atoms with Crippen LogP contribution in [-0.2, 0) is 11.3 Å². The lowest BCUT2D eigenvalue weighted by Crippen LogP contribution is -2.68. The fourth-order valence-corrected chi connectivity index (χ4v) is 5.18. The largest absolute Gasteiger partial charge is 0.467 e. The minimum Gasteiger partial charge on any atom is -0.467 e. The molecule has 4 aliphatic rings. The molecule has 140 valence electrons. The van der Waals surface area contributed by atoms with Crippen molar-refractivity contribution in [2.45, 2.75) is 37.9 Å². The summed E-state index contributed by atoms with van der Waals surface area (Å²) in [6.45, 7) is 0.424. The maximum absolute atomic E-state index is 12.8. The molecule has 27 heavy (non-hydrogen) atoms. The van der Waals surface area contributed by atoms with Gasteiger partial charge in [0.05, 0.1) is 18.4 Å². The zero-order chi connectivity index (χ0) is 18.4. The molecule has 0 unspecified atom stereocenters. The molecule has 3 fully saturated rings. The number of hydrogen-bond acceptors (Lipinski definition) is 4. The number of fused-ring (bicyclic) bond motifs is 3. The first-order valence-corrected chi connectivity index (χ1v) is 9.64. The smallest absolute Gasteiger partial charge is 0.255 e. The van der Waals surface area contributed by atoms with Crippen molar-refractivity contribution in [2.24, 2.45) is 17.8 Å². The first-order valence-electron chi connectivity index (χ1n) is 9.64. The summed E-state index contributed by atoms with van der Waals surface area (Å²) in [5.41, 5.74) is 1.16. The normalized spacial score (nSPS) is 31.1. The van der Waals surface area contributed by atoms with Crippen LogP contribution in [0.5, 0.6) is 0 Å². The Morgan fingerprint density at radius 1 is 1.19 bits per heavy atom. The highest BCUT2D eigenvalue weighted by atomic mass is 16.3. The number of rotatable bonds is 3. The Morgan fingerprint density at radius 3 is 2.85 bits per heavy atom. The fourth-order valence-electron chi connectivity index (χ4n) is 5.18. The summed E-state index contributed by atoms with van der Waals surface area (Å²) in [4.78, 5) is 25.4. The lowest BCUT2D eigenvalue weighted by atomic mass is 9.58. The molecule has 3 saturated carbocycles. The van der Waals surface area contributed by atoms with Crippen molar-refractivity contribution in [3.63, 3.8) is 0 Å². The van der Waals surface area contributed by atoms with Gasteiger partial charge < -0.3 is 20.4 Å². The molecule has 3 aliphatic carbocycles. The van der Waals surface area contributed by atoms with Crippen LogP contribution in [0.1, 0.15) is 41.8 Å². The van der Waals surface area contributed by atoms with Gasteiger partial charge in [0.2, 0.25) is 5.91 Å². The van der Waals surface area contributed by atoms with Crippen molar-refractivity contribution in [3.8, 4) is 0 Å². The molecule has 2 aromatic rings. The average Bonchev–Trinajstić information content (AvgIpc) is 3.20. The average molecular weight is 365 g/mol. The predicted octanol–water partition coefficient (Wildman–Crippen LogP) is 2.88. The summed E-state index contributed by atoms with van der Waals surface area (Å²) in [5, 5.41) is 9.86. The molecule has 1 spiro atoms. The van der Waals surface area contributed by atoms with E-state index in [9.17, 15) is 9.59 Å². The number of nitrogens with one attached hydrogen (secondary N) is 3. The molecular formula is C21H23N3O3. The van der Waals surface area contributed by atoms with E-state index in [2.05, 4.69) is 16.0 Å². The maximum atomic E-state index is 12.8. The van der Waals surface area contributed by atoms with E-state index in [1.54, 1.807) is 6.26 Å². The van der Waals surface area contributed by atoms with Crippen molar-refractivity contribution >= 4 is 17.5 Å². The van der Waals surface area contributed by atoms with E-state index in [1.807, 2.05) is 36.4 Å². The van der Waals surface area contributed by atoms with Crippen molar-refractivity contribution in [3.05, 3.63) is 54.0 Å². The van der Waals surface area contributed by atoms with Gasteiger partial charge in [-0.25, -0.2) is 0 Å². The molecule has 6 rings (SSSR count). The molecule has 1 aromatic heterocycles. The highest BCUT2D eigenvalue weighted by Gasteiger charge is 2.55. The number of amides is 2. The number of carbonyl (C=O) groups excluding carboxylic acids is 2. The summed E-state index contributed by atoms with van der Waals surface area (Å²) >= 11 is 0. The molecule has 2 amide bonds. The number of anilines is 1. The van der Waals surface area contributed by atoms with Crippen LogP contribution in [0.3, 0.4) is 0 Å². The van der Waals surface area contributed by atoms with Crippen molar-refractivity contribution in [1.29, 1.82) is 0 Å². The van der Waals surface area contributed by atoms with Crippen molar-refractivity contribution in [1.82, 2.24) is 10.6 Å². The second kappa shape index (κ2) is 6.15. The summed E-state index contributed by atoms with van der Waals surface area (Å²) < 4.78 is 5.30. The number of para-hydroxylation sites is 1. The molecule has 3 N–H and O–H groups in total. The van der Waals surface area contributed by atoms with Crippen LogP contribution in [0.15, 0.2) is 47.1 Å². The van der Waals surface area contributed by atoms with Crippen LogP contribution in [0.4, 0.5) is 5.69 Å². The Bertz CT molecular complexity index is 879. The van der Waals surface area contributed by atoms with Crippen LogP contribution in [0.25, 0.3) is 0 Å². The Hall–Kier alpha value is -2.76. The summed E-state index contributed by atoms with van der Waals surface area (Å²) in [5.74, 6) is 1.36. The molecule has 0 saturated heterocycles. The molecule has 4 atom stereocenters. The number of furan rings is 1. The molecule has 6 nitrogen and oxygen atoms in total. The lowest BCUT2D eigenvalue weighted by molar-refractivity contribution is -0.132. The highest BCUT2D eigenvalue weighted by molar-refractivity contribution is 6.02. The first-order chi connectivity index (χ1) is 13.1. The molecule has 6 heteroatoms. The first kappa shape index (κ1) is 16.4. The van der Waals surface area contributed by atoms with Gasteiger partial charge in [-0.05, 0) is 55.9 Å². The summed E-state index contributed by atoms with van der Waals surface area (Å²) in [6.07, 6.45) is 5.26. The molecule has 2 heterocycles. The van der Waals surface area contributed by atoms with E-state index >= 15 is 0 Å². The van der Waals surface area contributed by atoms with Gasteiger partial charge in [0.25, 0.3) is 5.91 Å². The lowest BCUT2D eigenvalue weighted by Gasteiger charge is -2.56. The zero-order valence-corrected chi connectivity index (χ0v) is 15.0. The van der Waals surface area contributed by atoms with E-state index in [0.717, 1.165) is 37.1 Å². The third-order valence-electron chi connectivity index (χ3n) is 6.49. The summed E-state index contributed by atoms with van der Waals surface area (Å²) in [6, 6.07) is 11.3. The fraction of sp³-hybridized carbons (Fsp3) is 0.429. The van der Waals surface area contributed by atoms with Gasteiger partial charge in [0, 0.05) is 17.5 Å². The molecule has 1 aromatic carbocycles. The topological polar surface area (TPSA) is 83.4 Å². The molecule has 0 radical (unpaired) electrons. The Morgan fingerprint density at radius 2 is 2.07 bits per heavy atom. The second-order valence-corrected chi connectivity index (χ2v) is 7.97. The standard InChI is InChI=1S/C21H23N3O3/c25-19(22-12-15-4-3-9-27-15)17-10-14-8-7-13(17)11-21(14)23-18-6-2-1-5-16(18)20(26)24-21/h1-6,9,13-14,17,23H,7-8,10-12H2,(H,22,25)(H,24,26)/t13-,14+,17-,21-/m1/s1. The highest BCUT2D eigenvalue weighted by Crippen LogP contribution is 2.51. The van der Waals surface area contributed by atoms with Crippen LogP contribution in [-0.4, -0.2) is 17.5 Å². The van der Waals surface area contributed by atoms with Gasteiger partial charge >= 0.3 is 0 Å². The number of benzene rings is 1. The Kier molecular flexibility index (Phi) is 3.74. The van der Waals surface area contributed by atoms with Gasteiger partial charge in [0.1, 0.15) is 11.4 Å². The van der Waals surface area contributed by atoms with Crippen LogP contribution < -0.4 is 16.0 Å². The molecule has 1 aliphatic heterocycles. The number of carbonyl (C=O) groups is 2. The SMILES string of the molecule is O=C1N[C@@]2(C[C@H]3CC[C@H]2C[C@H]3C(=O)NCc2ccco2)Nc2ccccc21. The monoisotopic (exact) mass is 365 g/mol. The minimum atomic E-state index is -0.424. The molecular weight excluding hydrogens is 342 g/mol. The van der Waals surface area contributed by atoms with Gasteiger partial charge in [0.15, 0.2) is 0 Å². The maximum Gasteiger partial charge on any atom is 0.255 e. The van der Waals surface area contributed by atoms with E-state index in [4.69, 9.17) is 4.42 Å². The van der Waals surface area contributed by atoms with Gasteiger partial charge in [-0.1, -0.05) is 12.1 Å². The van der Waals surface area contributed by atoms with E-state index in [0.29, 0.717) is 12.1 Å². The summed E-state index contributed by atoms with van der Waals surface area (Å²) in [7, 11) is 0. The van der Waals surface area contributed by atoms with Crippen LogP contribution in [0, 0.1) is 17.8 Å². The Balaban J connectivity index is 1.32.